The molecule has 0 atom stereocenters. The van der Waals surface area contributed by atoms with E-state index >= 15 is 0 Å². The second-order valence-corrected chi connectivity index (χ2v) is 5.18. The third-order valence-corrected chi connectivity index (χ3v) is 3.64. The van der Waals surface area contributed by atoms with Crippen LogP contribution in [0.2, 0.25) is 0 Å². The Bertz CT molecular complexity index is 540. The van der Waals surface area contributed by atoms with Crippen molar-refractivity contribution in [2.24, 2.45) is 0 Å². The topological polar surface area (TPSA) is 12.0 Å². The maximum absolute atomic E-state index is 3.46. The number of anilines is 1. The summed E-state index contributed by atoms with van der Waals surface area (Å²) in [7, 11) is 0. The molecule has 1 aliphatic rings. The Hall–Kier alpha value is -1.76. The standard InChI is InChI=1S/C17H19N/c1-13-4-6-14(7-5-13)11-15-8-9-17-16(12-15)3-2-10-18-17/h4-9,12,18H,2-3,10-11H2,1H3. The summed E-state index contributed by atoms with van der Waals surface area (Å²) < 4.78 is 0. The van der Waals surface area contributed by atoms with Gasteiger partial charge < -0.3 is 5.32 Å². The maximum Gasteiger partial charge on any atom is 0.0372 e. The summed E-state index contributed by atoms with van der Waals surface area (Å²) >= 11 is 0. The van der Waals surface area contributed by atoms with Crippen molar-refractivity contribution < 1.29 is 0 Å². The van der Waals surface area contributed by atoms with E-state index in [1.807, 2.05) is 0 Å². The molecule has 1 nitrogen and oxygen atoms in total. The quantitative estimate of drug-likeness (QED) is 0.834. The van der Waals surface area contributed by atoms with Crippen LogP contribution in [0.25, 0.3) is 0 Å². The first-order valence-electron chi connectivity index (χ1n) is 6.72. The van der Waals surface area contributed by atoms with Gasteiger partial charge >= 0.3 is 0 Å². The molecule has 1 heterocycles. The third kappa shape index (κ3) is 2.40. The van der Waals surface area contributed by atoms with Gasteiger partial charge in [0.15, 0.2) is 0 Å². The summed E-state index contributed by atoms with van der Waals surface area (Å²) in [5, 5.41) is 3.46. The third-order valence-electron chi connectivity index (χ3n) is 3.64. The fourth-order valence-corrected chi connectivity index (χ4v) is 2.58. The molecule has 0 spiro atoms. The van der Waals surface area contributed by atoms with Gasteiger partial charge in [0.1, 0.15) is 0 Å². The normalized spacial score (nSPS) is 13.8. The molecule has 1 heteroatoms. The molecular weight excluding hydrogens is 218 g/mol. The van der Waals surface area contributed by atoms with E-state index in [9.17, 15) is 0 Å². The molecule has 0 saturated carbocycles. The molecule has 1 N–H and O–H groups in total. The molecule has 0 radical (unpaired) electrons. The Balaban J connectivity index is 1.82. The molecule has 0 aliphatic carbocycles. The summed E-state index contributed by atoms with van der Waals surface area (Å²) in [5.74, 6) is 0. The number of benzene rings is 2. The fourth-order valence-electron chi connectivity index (χ4n) is 2.58. The zero-order valence-corrected chi connectivity index (χ0v) is 10.9. The van der Waals surface area contributed by atoms with Crippen LogP contribution in [-0.2, 0) is 12.8 Å². The summed E-state index contributed by atoms with van der Waals surface area (Å²) in [6, 6.07) is 15.7. The monoisotopic (exact) mass is 237 g/mol. The fraction of sp³-hybridized carbons (Fsp3) is 0.294. The van der Waals surface area contributed by atoms with Gasteiger partial charge in [0.05, 0.1) is 0 Å². The van der Waals surface area contributed by atoms with E-state index in [0.717, 1.165) is 13.0 Å². The molecular formula is C17H19N. The van der Waals surface area contributed by atoms with Gasteiger partial charge in [0.25, 0.3) is 0 Å². The molecule has 18 heavy (non-hydrogen) atoms. The number of fused-ring (bicyclic) bond motifs is 1. The van der Waals surface area contributed by atoms with E-state index in [2.05, 4.69) is 54.7 Å². The van der Waals surface area contributed by atoms with Gasteiger partial charge in [-0.2, -0.15) is 0 Å². The van der Waals surface area contributed by atoms with Gasteiger partial charge in [0, 0.05) is 12.2 Å². The lowest BCUT2D eigenvalue weighted by Crippen LogP contribution is -2.11. The minimum Gasteiger partial charge on any atom is -0.385 e. The van der Waals surface area contributed by atoms with Crippen molar-refractivity contribution >= 4 is 5.69 Å². The highest BCUT2D eigenvalue weighted by molar-refractivity contribution is 5.54. The Morgan fingerprint density at radius 2 is 1.78 bits per heavy atom. The lowest BCUT2D eigenvalue weighted by atomic mass is 9.97. The van der Waals surface area contributed by atoms with Gasteiger partial charge in [0.2, 0.25) is 0 Å². The molecule has 0 fully saturated rings. The van der Waals surface area contributed by atoms with Crippen LogP contribution in [0, 0.1) is 6.92 Å². The van der Waals surface area contributed by atoms with E-state index < -0.39 is 0 Å². The van der Waals surface area contributed by atoms with E-state index in [1.54, 1.807) is 0 Å². The van der Waals surface area contributed by atoms with Gasteiger partial charge in [-0.25, -0.2) is 0 Å². The highest BCUT2D eigenvalue weighted by Gasteiger charge is 2.08. The van der Waals surface area contributed by atoms with Crippen LogP contribution >= 0.6 is 0 Å². The molecule has 2 aromatic carbocycles. The van der Waals surface area contributed by atoms with Crippen LogP contribution in [-0.4, -0.2) is 6.54 Å². The van der Waals surface area contributed by atoms with Crippen LogP contribution < -0.4 is 5.32 Å². The molecule has 92 valence electrons. The van der Waals surface area contributed by atoms with Crippen LogP contribution in [0.15, 0.2) is 42.5 Å². The molecule has 1 aliphatic heterocycles. The van der Waals surface area contributed by atoms with E-state index in [-0.39, 0.29) is 0 Å². The zero-order valence-electron chi connectivity index (χ0n) is 10.9. The van der Waals surface area contributed by atoms with Crippen molar-refractivity contribution in [1.29, 1.82) is 0 Å². The summed E-state index contributed by atoms with van der Waals surface area (Å²) in [4.78, 5) is 0. The Morgan fingerprint density at radius 1 is 1.00 bits per heavy atom. The summed E-state index contributed by atoms with van der Waals surface area (Å²) in [5.41, 5.74) is 6.94. The molecule has 3 rings (SSSR count). The first-order chi connectivity index (χ1) is 8.81. The highest BCUT2D eigenvalue weighted by Crippen LogP contribution is 2.24. The van der Waals surface area contributed by atoms with E-state index in [1.165, 1.54) is 40.8 Å². The largest absolute Gasteiger partial charge is 0.385 e. The molecule has 0 unspecified atom stereocenters. The maximum atomic E-state index is 3.46. The van der Waals surface area contributed by atoms with Crippen molar-refractivity contribution in [2.45, 2.75) is 26.2 Å². The zero-order chi connectivity index (χ0) is 12.4. The SMILES string of the molecule is Cc1ccc(Cc2ccc3c(c2)CCCN3)cc1. The number of hydrogen-bond acceptors (Lipinski definition) is 1. The van der Waals surface area contributed by atoms with Crippen LogP contribution in [0.3, 0.4) is 0 Å². The average molecular weight is 237 g/mol. The second-order valence-electron chi connectivity index (χ2n) is 5.18. The van der Waals surface area contributed by atoms with Crippen molar-refractivity contribution in [2.75, 3.05) is 11.9 Å². The van der Waals surface area contributed by atoms with E-state index in [4.69, 9.17) is 0 Å². The van der Waals surface area contributed by atoms with Crippen molar-refractivity contribution in [3.05, 3.63) is 64.7 Å². The number of nitrogens with one attached hydrogen (secondary N) is 1. The average Bonchev–Trinajstić information content (AvgIpc) is 2.41. The minimum absolute atomic E-state index is 1.04. The van der Waals surface area contributed by atoms with Crippen LogP contribution in [0.1, 0.15) is 28.7 Å². The second kappa shape index (κ2) is 4.85. The predicted molar refractivity (Wildman–Crippen MR) is 77.2 cm³/mol. The molecule has 0 aromatic heterocycles. The minimum atomic E-state index is 1.04. The Kier molecular flexibility index (Phi) is 3.06. The molecule has 2 aromatic rings. The van der Waals surface area contributed by atoms with Crippen LogP contribution in [0.5, 0.6) is 0 Å². The summed E-state index contributed by atoms with van der Waals surface area (Å²) in [6.07, 6.45) is 3.50. The Labute approximate surface area is 109 Å². The van der Waals surface area contributed by atoms with Crippen molar-refractivity contribution in [1.82, 2.24) is 0 Å². The van der Waals surface area contributed by atoms with Crippen LogP contribution in [0.4, 0.5) is 5.69 Å². The number of aryl methyl sites for hydroxylation is 2. The molecule has 0 saturated heterocycles. The molecule has 0 amide bonds. The van der Waals surface area contributed by atoms with Crippen molar-refractivity contribution in [3.8, 4) is 0 Å². The van der Waals surface area contributed by atoms with Crippen molar-refractivity contribution in [3.63, 3.8) is 0 Å². The molecule has 0 bridgehead atoms. The number of hydrogen-bond donors (Lipinski definition) is 1. The van der Waals surface area contributed by atoms with Gasteiger partial charge in [-0.3, -0.25) is 0 Å². The van der Waals surface area contributed by atoms with Gasteiger partial charge in [-0.05, 0) is 48.9 Å². The highest BCUT2D eigenvalue weighted by atomic mass is 14.9. The van der Waals surface area contributed by atoms with E-state index in [0.29, 0.717) is 0 Å². The smallest absolute Gasteiger partial charge is 0.0372 e. The lowest BCUT2D eigenvalue weighted by molar-refractivity contribution is 0.828. The predicted octanol–water partition coefficient (Wildman–Crippen LogP) is 3.94. The number of rotatable bonds is 2. The van der Waals surface area contributed by atoms with Gasteiger partial charge in [-0.15, -0.1) is 0 Å². The first kappa shape index (κ1) is 11.3. The first-order valence-corrected chi connectivity index (χ1v) is 6.72. The summed E-state index contributed by atoms with van der Waals surface area (Å²) in [6.45, 7) is 3.25. The lowest BCUT2D eigenvalue weighted by Gasteiger charge is -2.18. The Morgan fingerprint density at radius 3 is 2.61 bits per heavy atom. The van der Waals surface area contributed by atoms with Gasteiger partial charge in [-0.1, -0.05) is 42.0 Å².